The minimum Gasteiger partial charge on any atom is -0.444 e. The first kappa shape index (κ1) is 17.5. The number of likely N-dealkylation sites (tertiary alicyclic amines) is 1. The van der Waals surface area contributed by atoms with Gasteiger partial charge in [-0.3, -0.25) is 4.90 Å². The Morgan fingerprint density at radius 1 is 1.23 bits per heavy atom. The molecule has 1 amide bonds. The van der Waals surface area contributed by atoms with Crippen molar-refractivity contribution in [1.82, 2.24) is 9.80 Å². The SMILES string of the molecule is CC(C)(C)OC(=O)N1CC[C@@H](CN2CCOCC2)CC1(C)C. The van der Waals surface area contributed by atoms with Gasteiger partial charge in [-0.2, -0.15) is 0 Å². The summed E-state index contributed by atoms with van der Waals surface area (Å²) >= 11 is 0. The third-order valence-corrected chi connectivity index (χ3v) is 4.51. The standard InChI is InChI=1S/C17H32N2O3/c1-16(2,3)22-15(20)19-7-6-14(12-17(19,4)5)13-18-8-10-21-11-9-18/h14H,6-13H2,1-5H3/t14-/m1/s1. The second-order valence-corrected chi connectivity index (χ2v) is 8.22. The Kier molecular flexibility index (Phi) is 5.38. The first-order valence-corrected chi connectivity index (χ1v) is 8.48. The molecule has 0 unspecified atom stereocenters. The second-order valence-electron chi connectivity index (χ2n) is 8.22. The van der Waals surface area contributed by atoms with Gasteiger partial charge < -0.3 is 14.4 Å². The van der Waals surface area contributed by atoms with Gasteiger partial charge in [0.25, 0.3) is 0 Å². The molecule has 2 rings (SSSR count). The molecule has 2 aliphatic rings. The van der Waals surface area contributed by atoms with Crippen LogP contribution in [0.4, 0.5) is 4.79 Å². The highest BCUT2D eigenvalue weighted by molar-refractivity contribution is 5.69. The van der Waals surface area contributed by atoms with Crippen LogP contribution in [0.1, 0.15) is 47.5 Å². The number of rotatable bonds is 2. The molecule has 0 aromatic rings. The molecule has 5 heteroatoms. The lowest BCUT2D eigenvalue weighted by Gasteiger charge is -2.46. The molecule has 2 fully saturated rings. The second kappa shape index (κ2) is 6.75. The molecule has 5 nitrogen and oxygen atoms in total. The van der Waals surface area contributed by atoms with Crippen LogP contribution in [0.2, 0.25) is 0 Å². The van der Waals surface area contributed by atoms with Crippen LogP contribution in [0.3, 0.4) is 0 Å². The number of nitrogens with zero attached hydrogens (tertiary/aromatic N) is 2. The zero-order valence-corrected chi connectivity index (χ0v) is 14.9. The third kappa shape index (κ3) is 4.85. The quantitative estimate of drug-likeness (QED) is 0.786. The Bertz CT molecular complexity index is 384. The van der Waals surface area contributed by atoms with Gasteiger partial charge in [-0.25, -0.2) is 4.79 Å². The number of hydrogen-bond donors (Lipinski definition) is 0. The third-order valence-electron chi connectivity index (χ3n) is 4.51. The number of amides is 1. The van der Waals surface area contributed by atoms with E-state index in [0.29, 0.717) is 5.92 Å². The molecule has 0 radical (unpaired) electrons. The van der Waals surface area contributed by atoms with Crippen LogP contribution < -0.4 is 0 Å². The number of carbonyl (C=O) groups excluding carboxylic acids is 1. The highest BCUT2D eigenvalue weighted by Crippen LogP contribution is 2.33. The molecule has 0 aromatic carbocycles. The van der Waals surface area contributed by atoms with E-state index in [1.54, 1.807) is 0 Å². The minimum absolute atomic E-state index is 0.141. The van der Waals surface area contributed by atoms with E-state index in [1.165, 1.54) is 0 Å². The average molecular weight is 312 g/mol. The van der Waals surface area contributed by atoms with E-state index in [9.17, 15) is 4.79 Å². The summed E-state index contributed by atoms with van der Waals surface area (Å²) in [4.78, 5) is 16.8. The Labute approximate surface area is 134 Å². The van der Waals surface area contributed by atoms with Crippen molar-refractivity contribution >= 4 is 6.09 Å². The summed E-state index contributed by atoms with van der Waals surface area (Å²) in [6, 6.07) is 0. The van der Waals surface area contributed by atoms with Crippen molar-refractivity contribution in [1.29, 1.82) is 0 Å². The fourth-order valence-electron chi connectivity index (χ4n) is 3.49. The number of morpholine rings is 1. The molecular weight excluding hydrogens is 280 g/mol. The predicted octanol–water partition coefficient (Wildman–Crippen LogP) is 2.74. The van der Waals surface area contributed by atoms with Crippen molar-refractivity contribution < 1.29 is 14.3 Å². The van der Waals surface area contributed by atoms with Crippen LogP contribution in [0.5, 0.6) is 0 Å². The lowest BCUT2D eigenvalue weighted by molar-refractivity contribution is -0.0230. The van der Waals surface area contributed by atoms with Crippen molar-refractivity contribution in [3.8, 4) is 0 Å². The maximum atomic E-state index is 12.4. The van der Waals surface area contributed by atoms with Crippen molar-refractivity contribution in [2.45, 2.75) is 58.6 Å². The summed E-state index contributed by atoms with van der Waals surface area (Å²) in [5.74, 6) is 0.645. The Balaban J connectivity index is 1.89. The van der Waals surface area contributed by atoms with E-state index in [-0.39, 0.29) is 11.6 Å². The number of piperidine rings is 1. The van der Waals surface area contributed by atoms with E-state index >= 15 is 0 Å². The summed E-state index contributed by atoms with van der Waals surface area (Å²) in [6.45, 7) is 15.7. The van der Waals surface area contributed by atoms with Gasteiger partial charge in [0, 0.05) is 31.7 Å². The zero-order valence-electron chi connectivity index (χ0n) is 14.9. The Morgan fingerprint density at radius 2 is 1.86 bits per heavy atom. The number of hydrogen-bond acceptors (Lipinski definition) is 4. The van der Waals surface area contributed by atoms with Crippen molar-refractivity contribution in [2.24, 2.45) is 5.92 Å². The monoisotopic (exact) mass is 312 g/mol. The van der Waals surface area contributed by atoms with Gasteiger partial charge in [0.2, 0.25) is 0 Å². The average Bonchev–Trinajstić information content (AvgIpc) is 2.36. The topological polar surface area (TPSA) is 42.0 Å². The molecule has 2 saturated heterocycles. The van der Waals surface area contributed by atoms with Crippen LogP contribution in [0.25, 0.3) is 0 Å². The van der Waals surface area contributed by atoms with Crippen molar-refractivity contribution in [3.05, 3.63) is 0 Å². The maximum absolute atomic E-state index is 12.4. The first-order valence-electron chi connectivity index (χ1n) is 8.48. The van der Waals surface area contributed by atoms with Gasteiger partial charge in [-0.05, 0) is 53.4 Å². The molecule has 0 aromatic heterocycles. The van der Waals surface area contributed by atoms with E-state index in [1.807, 2.05) is 25.7 Å². The molecule has 22 heavy (non-hydrogen) atoms. The van der Waals surface area contributed by atoms with Crippen LogP contribution in [0, 0.1) is 5.92 Å². The molecule has 0 saturated carbocycles. The van der Waals surface area contributed by atoms with Gasteiger partial charge >= 0.3 is 6.09 Å². The molecule has 0 aliphatic carbocycles. The highest BCUT2D eigenvalue weighted by atomic mass is 16.6. The van der Waals surface area contributed by atoms with Gasteiger partial charge in [0.15, 0.2) is 0 Å². The van der Waals surface area contributed by atoms with Crippen molar-refractivity contribution in [3.63, 3.8) is 0 Å². The van der Waals surface area contributed by atoms with Gasteiger partial charge in [0.1, 0.15) is 5.60 Å². The smallest absolute Gasteiger partial charge is 0.410 e. The molecule has 2 aliphatic heterocycles. The summed E-state index contributed by atoms with van der Waals surface area (Å²) in [6.07, 6.45) is 1.91. The predicted molar refractivity (Wildman–Crippen MR) is 87.0 cm³/mol. The summed E-state index contributed by atoms with van der Waals surface area (Å²) in [5.41, 5.74) is -0.574. The van der Waals surface area contributed by atoms with Crippen LogP contribution in [0.15, 0.2) is 0 Å². The summed E-state index contributed by atoms with van der Waals surface area (Å²) in [5, 5.41) is 0. The molecule has 0 bridgehead atoms. The number of ether oxygens (including phenoxy) is 2. The van der Waals surface area contributed by atoms with E-state index in [2.05, 4.69) is 18.7 Å². The van der Waals surface area contributed by atoms with Crippen LogP contribution in [-0.2, 0) is 9.47 Å². The number of carbonyl (C=O) groups is 1. The van der Waals surface area contributed by atoms with Gasteiger partial charge in [-0.15, -0.1) is 0 Å². The molecule has 0 spiro atoms. The normalized spacial score (nSPS) is 26.8. The minimum atomic E-state index is -0.433. The lowest BCUT2D eigenvalue weighted by Crippen LogP contribution is -2.55. The molecule has 0 N–H and O–H groups in total. The van der Waals surface area contributed by atoms with Crippen LogP contribution in [-0.4, -0.2) is 66.4 Å². The van der Waals surface area contributed by atoms with Crippen LogP contribution >= 0.6 is 0 Å². The largest absolute Gasteiger partial charge is 0.444 e. The summed E-state index contributed by atoms with van der Waals surface area (Å²) in [7, 11) is 0. The van der Waals surface area contributed by atoms with E-state index < -0.39 is 5.60 Å². The zero-order chi connectivity index (χ0) is 16.4. The van der Waals surface area contributed by atoms with E-state index in [4.69, 9.17) is 9.47 Å². The van der Waals surface area contributed by atoms with E-state index in [0.717, 1.165) is 52.2 Å². The maximum Gasteiger partial charge on any atom is 0.410 e. The highest BCUT2D eigenvalue weighted by Gasteiger charge is 2.39. The van der Waals surface area contributed by atoms with Crippen molar-refractivity contribution in [2.75, 3.05) is 39.4 Å². The fourth-order valence-corrected chi connectivity index (χ4v) is 3.49. The molecule has 2 heterocycles. The lowest BCUT2D eigenvalue weighted by atomic mass is 9.82. The summed E-state index contributed by atoms with van der Waals surface area (Å²) < 4.78 is 11.0. The molecule has 128 valence electrons. The van der Waals surface area contributed by atoms with Gasteiger partial charge in [-0.1, -0.05) is 0 Å². The Morgan fingerprint density at radius 3 is 2.41 bits per heavy atom. The molecular formula is C17H32N2O3. The fraction of sp³-hybridized carbons (Fsp3) is 0.941. The Hall–Kier alpha value is -0.810. The van der Waals surface area contributed by atoms with Gasteiger partial charge in [0.05, 0.1) is 13.2 Å². The first-order chi connectivity index (χ1) is 10.2. The molecule has 1 atom stereocenters.